The predicted octanol–water partition coefficient (Wildman–Crippen LogP) is 6.49. The fourth-order valence-corrected chi connectivity index (χ4v) is 9.07. The summed E-state index contributed by atoms with van der Waals surface area (Å²) in [5.74, 6) is 1.87. The molecule has 25 heavy (non-hydrogen) atoms. The Morgan fingerprint density at radius 3 is 2.32 bits per heavy atom. The minimum Gasteiger partial charge on any atom is -0.408 e. The normalized spacial score (nSPS) is 28.8. The van der Waals surface area contributed by atoms with Crippen LogP contribution in [-0.2, 0) is 4.43 Å². The van der Waals surface area contributed by atoms with Gasteiger partial charge in [0.05, 0.1) is 16.0 Å². The van der Waals surface area contributed by atoms with E-state index in [4.69, 9.17) is 16.0 Å². The van der Waals surface area contributed by atoms with Gasteiger partial charge in [-0.05, 0) is 59.7 Å². The van der Waals surface area contributed by atoms with E-state index in [0.717, 1.165) is 23.4 Å². The molecule has 4 atom stereocenters. The SMILES string of the molecule is CC[Si](CC)(CC)OC(CN[C@H]1C[C@@H]2[C@H](C1)C2(C)C)c1sccc1Cl. The highest BCUT2D eigenvalue weighted by Crippen LogP contribution is 2.66. The molecular weight excluding hydrogens is 366 g/mol. The number of hydrogen-bond acceptors (Lipinski definition) is 3. The molecule has 1 heterocycles. The Balaban J connectivity index is 1.65. The Kier molecular flexibility index (Phi) is 6.07. The Hall–Kier alpha value is 0.127. The second-order valence-corrected chi connectivity index (χ2v) is 14.7. The fraction of sp³-hybridized carbons (Fsp3) is 0.800. The molecule has 1 aromatic rings. The number of rotatable bonds is 9. The molecule has 2 saturated carbocycles. The van der Waals surface area contributed by atoms with E-state index in [9.17, 15) is 0 Å². The summed E-state index contributed by atoms with van der Waals surface area (Å²) in [7, 11) is -1.66. The molecule has 2 nitrogen and oxygen atoms in total. The quantitative estimate of drug-likeness (QED) is 0.479. The van der Waals surface area contributed by atoms with E-state index in [1.54, 1.807) is 11.3 Å². The summed E-state index contributed by atoms with van der Waals surface area (Å²) in [6.07, 6.45) is 2.78. The van der Waals surface area contributed by atoms with Gasteiger partial charge < -0.3 is 9.74 Å². The van der Waals surface area contributed by atoms with E-state index >= 15 is 0 Å². The van der Waals surface area contributed by atoms with Gasteiger partial charge in [-0.25, -0.2) is 0 Å². The predicted molar refractivity (Wildman–Crippen MR) is 112 cm³/mol. The van der Waals surface area contributed by atoms with Gasteiger partial charge in [-0.1, -0.05) is 46.2 Å². The van der Waals surface area contributed by atoms with Gasteiger partial charge in [-0.15, -0.1) is 11.3 Å². The van der Waals surface area contributed by atoms with Crippen LogP contribution in [0, 0.1) is 17.3 Å². The van der Waals surface area contributed by atoms with Crippen LogP contribution < -0.4 is 5.32 Å². The van der Waals surface area contributed by atoms with Gasteiger partial charge in [0.2, 0.25) is 0 Å². The highest BCUT2D eigenvalue weighted by Gasteiger charge is 2.61. The molecule has 2 aliphatic carbocycles. The zero-order valence-corrected chi connectivity index (χ0v) is 19.0. The molecule has 0 aromatic carbocycles. The van der Waals surface area contributed by atoms with Gasteiger partial charge in [-0.3, -0.25) is 0 Å². The molecule has 0 bridgehead atoms. The number of halogens is 1. The van der Waals surface area contributed by atoms with Crippen molar-refractivity contribution in [1.82, 2.24) is 5.32 Å². The van der Waals surface area contributed by atoms with Crippen LogP contribution in [0.3, 0.4) is 0 Å². The van der Waals surface area contributed by atoms with Crippen molar-refractivity contribution < 1.29 is 4.43 Å². The lowest BCUT2D eigenvalue weighted by atomic mass is 9.98. The van der Waals surface area contributed by atoms with Crippen LogP contribution in [0.2, 0.25) is 23.2 Å². The fourth-order valence-electron chi connectivity index (χ4n) is 4.97. The van der Waals surface area contributed by atoms with E-state index in [0.29, 0.717) is 11.5 Å². The van der Waals surface area contributed by atoms with Gasteiger partial charge in [0, 0.05) is 12.6 Å². The molecule has 1 aromatic heterocycles. The molecule has 3 rings (SSSR count). The Labute approximate surface area is 163 Å². The van der Waals surface area contributed by atoms with Crippen LogP contribution >= 0.6 is 22.9 Å². The van der Waals surface area contributed by atoms with E-state index in [1.807, 2.05) is 6.07 Å². The summed E-state index contributed by atoms with van der Waals surface area (Å²) in [6.45, 7) is 12.7. The molecule has 0 saturated heterocycles. The molecule has 0 spiro atoms. The summed E-state index contributed by atoms with van der Waals surface area (Å²) in [5, 5.41) is 6.80. The monoisotopic (exact) mass is 399 g/mol. The second-order valence-electron chi connectivity index (χ2n) is 8.59. The van der Waals surface area contributed by atoms with Crippen molar-refractivity contribution in [2.45, 2.75) is 77.7 Å². The van der Waals surface area contributed by atoms with Crippen LogP contribution in [0.25, 0.3) is 0 Å². The molecular formula is C20H34ClNOSSi. The van der Waals surface area contributed by atoms with Crippen molar-refractivity contribution in [3.05, 3.63) is 21.3 Å². The topological polar surface area (TPSA) is 21.3 Å². The summed E-state index contributed by atoms with van der Waals surface area (Å²) >= 11 is 8.22. The maximum Gasteiger partial charge on any atom is 0.193 e. The first-order chi connectivity index (χ1) is 11.9. The van der Waals surface area contributed by atoms with E-state index in [1.165, 1.54) is 35.9 Å². The Morgan fingerprint density at radius 2 is 1.84 bits per heavy atom. The number of nitrogens with one attached hydrogen (secondary N) is 1. The summed E-state index contributed by atoms with van der Waals surface area (Å²) in [4.78, 5) is 1.21. The van der Waals surface area contributed by atoms with E-state index in [2.05, 4.69) is 45.3 Å². The molecule has 142 valence electrons. The smallest absolute Gasteiger partial charge is 0.193 e. The third-order valence-electron chi connectivity index (χ3n) is 7.22. The third-order valence-corrected chi connectivity index (χ3v) is 13.3. The number of hydrogen-bond donors (Lipinski definition) is 1. The minimum atomic E-state index is -1.66. The second kappa shape index (κ2) is 7.63. The average molecular weight is 400 g/mol. The molecule has 2 aliphatic rings. The van der Waals surface area contributed by atoms with Crippen molar-refractivity contribution in [2.24, 2.45) is 17.3 Å². The summed E-state index contributed by atoms with van der Waals surface area (Å²) in [5.41, 5.74) is 0.597. The van der Waals surface area contributed by atoms with Crippen LogP contribution in [0.15, 0.2) is 11.4 Å². The zero-order valence-electron chi connectivity index (χ0n) is 16.4. The largest absolute Gasteiger partial charge is 0.408 e. The molecule has 2 fully saturated rings. The third kappa shape index (κ3) is 3.89. The van der Waals surface area contributed by atoms with Gasteiger partial charge >= 0.3 is 0 Å². The van der Waals surface area contributed by atoms with Crippen LogP contribution in [-0.4, -0.2) is 20.9 Å². The van der Waals surface area contributed by atoms with Gasteiger partial charge in [0.15, 0.2) is 8.32 Å². The van der Waals surface area contributed by atoms with Gasteiger partial charge in [0.1, 0.15) is 0 Å². The van der Waals surface area contributed by atoms with E-state index < -0.39 is 8.32 Å². The highest BCUT2D eigenvalue weighted by molar-refractivity contribution is 7.10. The minimum absolute atomic E-state index is 0.115. The summed E-state index contributed by atoms with van der Waals surface area (Å²) in [6, 6.07) is 6.22. The lowest BCUT2D eigenvalue weighted by molar-refractivity contribution is 0.182. The molecule has 0 radical (unpaired) electrons. The van der Waals surface area contributed by atoms with Crippen LogP contribution in [0.5, 0.6) is 0 Å². The lowest BCUT2D eigenvalue weighted by Crippen LogP contribution is -2.41. The number of fused-ring (bicyclic) bond motifs is 1. The average Bonchev–Trinajstić information content (AvgIpc) is 3.04. The van der Waals surface area contributed by atoms with Crippen LogP contribution in [0.4, 0.5) is 0 Å². The van der Waals surface area contributed by atoms with Gasteiger partial charge in [0.25, 0.3) is 0 Å². The first-order valence-corrected chi connectivity index (χ1v) is 13.8. The summed E-state index contributed by atoms with van der Waals surface area (Å²) < 4.78 is 6.85. The van der Waals surface area contributed by atoms with Crippen molar-refractivity contribution in [3.63, 3.8) is 0 Å². The molecule has 1 N–H and O–H groups in total. The molecule has 0 aliphatic heterocycles. The van der Waals surface area contributed by atoms with E-state index in [-0.39, 0.29) is 6.10 Å². The van der Waals surface area contributed by atoms with Crippen molar-refractivity contribution in [1.29, 1.82) is 0 Å². The van der Waals surface area contributed by atoms with Crippen molar-refractivity contribution in [3.8, 4) is 0 Å². The molecule has 0 amide bonds. The zero-order chi connectivity index (χ0) is 18.2. The molecule has 5 heteroatoms. The first-order valence-electron chi connectivity index (χ1n) is 10.0. The maximum atomic E-state index is 6.85. The Bertz CT molecular complexity index is 564. The Morgan fingerprint density at radius 1 is 1.24 bits per heavy atom. The maximum absolute atomic E-state index is 6.85. The lowest BCUT2D eigenvalue weighted by Gasteiger charge is -2.34. The first kappa shape index (κ1) is 19.9. The molecule has 1 unspecified atom stereocenters. The van der Waals surface area contributed by atoms with Crippen molar-refractivity contribution >= 4 is 31.3 Å². The number of thiophene rings is 1. The standard InChI is InChI=1S/C20H34ClNOSSi/c1-6-25(7-2,8-3)23-18(19-17(21)9-10-24-19)13-22-14-11-15-16(12-14)20(15,4)5/h9-10,14-16,18,22H,6-8,11-13H2,1-5H3/t14-,15+,16-,18?. The highest BCUT2D eigenvalue weighted by atomic mass is 35.5. The van der Waals surface area contributed by atoms with Gasteiger partial charge in [-0.2, -0.15) is 0 Å². The van der Waals surface area contributed by atoms with Crippen molar-refractivity contribution in [2.75, 3.05) is 6.54 Å². The van der Waals surface area contributed by atoms with Crippen LogP contribution in [0.1, 0.15) is 58.4 Å².